The molecule has 0 saturated carbocycles. The van der Waals surface area contributed by atoms with Crippen LogP contribution in [-0.4, -0.2) is 35.7 Å². The molecule has 0 aliphatic rings. The molecule has 1 heterocycles. The fourth-order valence-electron chi connectivity index (χ4n) is 3.51. The van der Waals surface area contributed by atoms with Gasteiger partial charge in [-0.05, 0) is 65.8 Å². The molecular weight excluding hydrogens is 485 g/mol. The second kappa shape index (κ2) is 11.6. The van der Waals surface area contributed by atoms with Crippen LogP contribution in [0.15, 0.2) is 48.5 Å². The van der Waals surface area contributed by atoms with E-state index in [0.717, 1.165) is 6.42 Å². The molecule has 3 amide bonds. The summed E-state index contributed by atoms with van der Waals surface area (Å²) in [5.74, 6) is -1.62. The summed E-state index contributed by atoms with van der Waals surface area (Å²) < 4.78 is 22.9. The normalized spacial score (nSPS) is 11.7. The van der Waals surface area contributed by atoms with Gasteiger partial charge in [0.2, 0.25) is 5.91 Å². The molecule has 11 heteroatoms. The van der Waals surface area contributed by atoms with Gasteiger partial charge in [-0.1, -0.05) is 26.0 Å². The summed E-state index contributed by atoms with van der Waals surface area (Å²) in [6.07, 6.45) is 0.731. The summed E-state index contributed by atoms with van der Waals surface area (Å²) >= 11 is 0.698. The smallest absolute Gasteiger partial charge is 0.273 e. The zero-order chi connectivity index (χ0) is 26.4. The third-order valence-corrected chi connectivity index (χ3v) is 6.29. The van der Waals surface area contributed by atoms with Crippen molar-refractivity contribution in [3.05, 3.63) is 70.5 Å². The molecule has 0 radical (unpaired) electrons. The van der Waals surface area contributed by atoms with E-state index in [9.17, 15) is 18.8 Å². The maximum absolute atomic E-state index is 13.9. The molecule has 0 aliphatic carbocycles. The number of nitrogens with two attached hydrogens (primary N) is 2. The van der Waals surface area contributed by atoms with E-state index in [4.69, 9.17) is 16.2 Å². The topological polar surface area (TPSA) is 141 Å². The summed E-state index contributed by atoms with van der Waals surface area (Å²) in [4.78, 5) is 40.3. The third-order valence-electron chi connectivity index (χ3n) is 5.44. The van der Waals surface area contributed by atoms with Crippen LogP contribution < -0.4 is 26.4 Å². The van der Waals surface area contributed by atoms with Crippen molar-refractivity contribution < 1.29 is 23.5 Å². The highest BCUT2D eigenvalue weighted by Gasteiger charge is 2.36. The standard InChI is InChI=1S/C25H28FN5O4S/c1-14(2)12-13-29-24(33)21(15-4-10-18(35-3)11-5-15)31(17-8-6-16(26)7-9-17)25(34)22-19(27)20(23(28)32)30-36-22/h4-11,14,21H,12-13,27H2,1-3H3,(H2,28,32)(H,29,33)/t21-/m0/s1. The van der Waals surface area contributed by atoms with Crippen molar-refractivity contribution in [2.24, 2.45) is 11.7 Å². The Balaban J connectivity index is 2.15. The largest absolute Gasteiger partial charge is 0.497 e. The lowest BCUT2D eigenvalue weighted by Gasteiger charge is -2.31. The number of halogens is 1. The Bertz CT molecular complexity index is 1230. The number of aromatic nitrogens is 1. The monoisotopic (exact) mass is 513 g/mol. The van der Waals surface area contributed by atoms with Crippen molar-refractivity contribution in [3.63, 3.8) is 0 Å². The van der Waals surface area contributed by atoms with Crippen LogP contribution in [0.4, 0.5) is 15.8 Å². The van der Waals surface area contributed by atoms with Gasteiger partial charge in [0.1, 0.15) is 22.5 Å². The van der Waals surface area contributed by atoms with Gasteiger partial charge in [0.15, 0.2) is 5.69 Å². The van der Waals surface area contributed by atoms with Crippen LogP contribution in [0.5, 0.6) is 5.75 Å². The first kappa shape index (κ1) is 26.6. The number of rotatable bonds is 10. The van der Waals surface area contributed by atoms with E-state index in [0.29, 0.717) is 35.3 Å². The maximum atomic E-state index is 13.9. The summed E-state index contributed by atoms with van der Waals surface area (Å²) in [6.45, 7) is 4.46. The van der Waals surface area contributed by atoms with Crippen LogP contribution in [-0.2, 0) is 4.79 Å². The Hall–Kier alpha value is -3.99. The minimum absolute atomic E-state index is 0.0679. The Morgan fingerprint density at radius 3 is 2.28 bits per heavy atom. The predicted octanol–water partition coefficient (Wildman–Crippen LogP) is 3.52. The second-order valence-electron chi connectivity index (χ2n) is 8.44. The number of hydrogen-bond acceptors (Lipinski definition) is 7. The van der Waals surface area contributed by atoms with Crippen LogP contribution in [0.2, 0.25) is 0 Å². The quantitative estimate of drug-likeness (QED) is 0.379. The molecule has 0 bridgehead atoms. The molecule has 5 N–H and O–H groups in total. The van der Waals surface area contributed by atoms with Crippen LogP contribution in [0.25, 0.3) is 0 Å². The first-order chi connectivity index (χ1) is 17.1. The van der Waals surface area contributed by atoms with Gasteiger partial charge in [-0.3, -0.25) is 19.3 Å². The van der Waals surface area contributed by atoms with E-state index in [1.807, 2.05) is 13.8 Å². The number of methoxy groups -OCH3 is 1. The molecular formula is C25H28FN5O4S. The molecule has 0 spiro atoms. The Kier molecular flexibility index (Phi) is 8.59. The van der Waals surface area contributed by atoms with Gasteiger partial charge in [0, 0.05) is 12.2 Å². The summed E-state index contributed by atoms with van der Waals surface area (Å²) in [7, 11) is 1.52. The highest BCUT2D eigenvalue weighted by Crippen LogP contribution is 2.33. The average Bonchev–Trinajstić information content (AvgIpc) is 3.24. The molecule has 0 aliphatic heterocycles. The Labute approximate surface area is 212 Å². The van der Waals surface area contributed by atoms with Gasteiger partial charge in [-0.15, -0.1) is 0 Å². The maximum Gasteiger partial charge on any atom is 0.273 e. The minimum Gasteiger partial charge on any atom is -0.497 e. The van der Waals surface area contributed by atoms with E-state index >= 15 is 0 Å². The molecule has 190 valence electrons. The summed E-state index contributed by atoms with van der Waals surface area (Å²) in [6, 6.07) is 10.7. The Morgan fingerprint density at radius 2 is 1.75 bits per heavy atom. The van der Waals surface area contributed by atoms with Crippen LogP contribution in [0, 0.1) is 11.7 Å². The molecule has 0 fully saturated rings. The molecule has 9 nitrogen and oxygen atoms in total. The number of nitrogen functional groups attached to an aromatic ring is 1. The minimum atomic E-state index is -1.15. The van der Waals surface area contributed by atoms with Crippen molar-refractivity contribution in [1.29, 1.82) is 0 Å². The molecule has 0 saturated heterocycles. The van der Waals surface area contributed by atoms with Gasteiger partial charge in [-0.25, -0.2) is 4.39 Å². The molecule has 36 heavy (non-hydrogen) atoms. The molecule has 1 atom stereocenters. The van der Waals surface area contributed by atoms with E-state index in [1.165, 1.54) is 36.3 Å². The van der Waals surface area contributed by atoms with Crippen molar-refractivity contribution >= 4 is 40.6 Å². The number of hydrogen-bond donors (Lipinski definition) is 3. The molecule has 2 aromatic carbocycles. The SMILES string of the molecule is COc1ccc([C@@H](C(=O)NCCC(C)C)N(C(=O)c2snc(C(N)=O)c2N)c2ccc(F)cc2)cc1. The van der Waals surface area contributed by atoms with Crippen LogP contribution in [0.3, 0.4) is 0 Å². The fraction of sp³-hybridized carbons (Fsp3) is 0.280. The fourth-order valence-corrected chi connectivity index (χ4v) is 4.25. The zero-order valence-electron chi connectivity index (χ0n) is 20.2. The number of carbonyl (C=O) groups excluding carboxylic acids is 3. The summed E-state index contributed by atoms with van der Waals surface area (Å²) in [5, 5.41) is 2.89. The van der Waals surface area contributed by atoms with Gasteiger partial charge in [0.05, 0.1) is 12.8 Å². The highest BCUT2D eigenvalue weighted by atomic mass is 32.1. The number of nitrogens with one attached hydrogen (secondary N) is 1. The zero-order valence-corrected chi connectivity index (χ0v) is 21.0. The first-order valence-corrected chi connectivity index (χ1v) is 12.0. The highest BCUT2D eigenvalue weighted by molar-refractivity contribution is 7.09. The van der Waals surface area contributed by atoms with Crippen molar-refractivity contribution in [2.45, 2.75) is 26.3 Å². The lowest BCUT2D eigenvalue weighted by molar-refractivity contribution is -0.122. The van der Waals surface area contributed by atoms with Crippen LogP contribution >= 0.6 is 11.5 Å². The predicted molar refractivity (Wildman–Crippen MR) is 136 cm³/mol. The number of ether oxygens (including phenoxy) is 1. The lowest BCUT2D eigenvalue weighted by atomic mass is 10.0. The molecule has 3 rings (SSSR count). The van der Waals surface area contributed by atoms with Crippen LogP contribution in [0.1, 0.15) is 52.0 Å². The number of carbonyl (C=O) groups is 3. The molecule has 3 aromatic rings. The van der Waals surface area contributed by atoms with Gasteiger partial charge in [0.25, 0.3) is 11.8 Å². The number of primary amides is 1. The first-order valence-electron chi connectivity index (χ1n) is 11.2. The Morgan fingerprint density at radius 1 is 1.11 bits per heavy atom. The number of amides is 3. The van der Waals surface area contributed by atoms with Gasteiger partial charge in [-0.2, -0.15) is 4.37 Å². The third kappa shape index (κ3) is 5.98. The summed E-state index contributed by atoms with van der Waals surface area (Å²) in [5.41, 5.74) is 11.7. The van der Waals surface area contributed by atoms with Crippen molar-refractivity contribution in [2.75, 3.05) is 24.3 Å². The lowest BCUT2D eigenvalue weighted by Crippen LogP contribution is -2.44. The number of anilines is 2. The molecule has 0 unspecified atom stereocenters. The van der Waals surface area contributed by atoms with E-state index in [-0.39, 0.29) is 21.9 Å². The number of nitrogens with zero attached hydrogens (tertiary/aromatic N) is 2. The van der Waals surface area contributed by atoms with E-state index in [2.05, 4.69) is 9.69 Å². The van der Waals surface area contributed by atoms with Gasteiger partial charge >= 0.3 is 0 Å². The van der Waals surface area contributed by atoms with Crippen molar-refractivity contribution in [3.8, 4) is 5.75 Å². The van der Waals surface area contributed by atoms with Gasteiger partial charge < -0.3 is 21.5 Å². The van der Waals surface area contributed by atoms with Crippen molar-refractivity contribution in [1.82, 2.24) is 9.69 Å². The average molecular weight is 514 g/mol. The van der Waals surface area contributed by atoms with E-state index in [1.54, 1.807) is 24.3 Å². The molecule has 1 aromatic heterocycles. The number of benzene rings is 2. The van der Waals surface area contributed by atoms with E-state index < -0.39 is 29.6 Å². The second-order valence-corrected chi connectivity index (χ2v) is 9.21.